The summed E-state index contributed by atoms with van der Waals surface area (Å²) in [5.74, 6) is -20.6. The van der Waals surface area contributed by atoms with E-state index in [1.807, 2.05) is 44.4 Å². The van der Waals surface area contributed by atoms with Gasteiger partial charge in [-0.15, -0.1) is 0 Å². The number of carbonyl (C=O) groups excluding carboxylic acids is 11. The molecular weight excluding hydrogens is 1590 g/mol. The molecule has 0 saturated carbocycles. The van der Waals surface area contributed by atoms with Crippen molar-refractivity contribution in [3.8, 4) is 0 Å². The highest BCUT2D eigenvalue weighted by Gasteiger charge is 2.46. The van der Waals surface area contributed by atoms with Crippen LogP contribution in [0, 0.1) is 36.5 Å². The number of anilines is 1. The first-order chi connectivity index (χ1) is 55.9. The number of likely N-dealkylation sites (N-methyl/N-ethyl adjacent to an activating group) is 1. The summed E-state index contributed by atoms with van der Waals surface area (Å²) in [5.41, 5.74) is 11.9. The number of hydrogen-bond acceptors (Lipinski definition) is 21. The van der Waals surface area contributed by atoms with E-state index in [9.17, 15) is 115 Å². The molecule has 8 atom stereocenters. The lowest BCUT2D eigenvalue weighted by Crippen LogP contribution is -2.49. The minimum Gasteiger partial charge on any atom is -0.481 e. The number of carboxylic acids is 5. The second-order valence-electron chi connectivity index (χ2n) is 31.4. The van der Waals surface area contributed by atoms with Gasteiger partial charge in [0.15, 0.2) is 28.8 Å². The fraction of sp³-hybridized carbons (Fsp3) is 0.583. The first-order valence-electron chi connectivity index (χ1n) is 40.2. The molecule has 656 valence electrons. The molecule has 2 aliphatic rings. The largest absolute Gasteiger partial charge is 0.481 e. The highest BCUT2D eigenvalue weighted by atomic mass is 32.2. The molecule has 2 aromatic carbocycles. The third kappa shape index (κ3) is 33.9. The number of amides is 6. The number of nitrogens with one attached hydrogen (secondary N) is 5. The Hall–Kier alpha value is -10.1. The summed E-state index contributed by atoms with van der Waals surface area (Å²) in [6, 6.07) is 6.05. The second kappa shape index (κ2) is 49.4. The van der Waals surface area contributed by atoms with Crippen molar-refractivity contribution in [1.82, 2.24) is 26.6 Å². The molecule has 0 bridgehead atoms. The van der Waals surface area contributed by atoms with Crippen molar-refractivity contribution in [3.63, 3.8) is 0 Å². The Morgan fingerprint density at radius 2 is 1.11 bits per heavy atom. The van der Waals surface area contributed by atoms with Crippen molar-refractivity contribution < 1.29 is 125 Å². The Labute approximate surface area is 698 Å². The summed E-state index contributed by atoms with van der Waals surface area (Å²) < 4.78 is 42.1. The van der Waals surface area contributed by atoms with Gasteiger partial charge >= 0.3 is 29.8 Å². The molecule has 2 aromatic rings. The SMILES string of the molecule is CCN1C(=CC=CC=CC2=[N+](CCCCCC(=O)NCCCC[C@@H](NC(=O)[C@@H](CCC(=O)O)CC(=O)[C@@H](CCC(=O)O)NC(=O)[C@@H](CCC(=O)O)CC(=O)[C@@H](CCC(=O)O)NC(=O)[C@@H](CCC(=O)O)CC(=O)COCCCC(=O)CNC(=O)[C@H](C)CC(=O)[C@@H](C)CSC)C(N)=O)c3ccc(S(=O)(=O)O)cc3C2(C)C)C(C)(C)c2cc(C)ccc21. The summed E-state index contributed by atoms with van der Waals surface area (Å²) in [5, 5.41) is 60.6. The van der Waals surface area contributed by atoms with Gasteiger partial charge in [0.05, 0.1) is 28.9 Å². The van der Waals surface area contributed by atoms with Gasteiger partial charge in [0.1, 0.15) is 25.0 Å². The van der Waals surface area contributed by atoms with Gasteiger partial charge in [-0.1, -0.05) is 63.6 Å². The van der Waals surface area contributed by atoms with Gasteiger partial charge in [0.2, 0.25) is 41.1 Å². The van der Waals surface area contributed by atoms with Gasteiger partial charge in [-0.3, -0.25) is 81.3 Å². The molecule has 0 aromatic heterocycles. The number of carboxylic acid groups (broad SMARTS) is 5. The van der Waals surface area contributed by atoms with Crippen LogP contribution in [0.3, 0.4) is 0 Å². The number of benzene rings is 2. The van der Waals surface area contributed by atoms with Crippen LogP contribution in [0.5, 0.6) is 0 Å². The molecule has 0 saturated heterocycles. The maximum atomic E-state index is 14.3. The Kier molecular flexibility index (Phi) is 42.0. The van der Waals surface area contributed by atoms with Crippen molar-refractivity contribution in [1.29, 1.82) is 0 Å². The molecule has 13 N–H and O–H groups in total. The molecule has 35 heteroatoms. The lowest BCUT2D eigenvalue weighted by molar-refractivity contribution is -0.438. The number of fused-ring (bicyclic) bond motifs is 2. The fourth-order valence-corrected chi connectivity index (χ4v) is 15.5. The molecule has 4 rings (SSSR count). The normalized spacial score (nSPS) is 15.8. The standard InChI is InChI=1S/C84H118N8O25S2/c1-10-91-65-32-25-51(2)42-60(65)83(5,6)70(91)22-13-11-14-23-71-84(7,8)61-47-59(119(114,115)116)29-33-66(61)92(71)40-18-12-15-24-72(98)86-39-17-16-21-64(78(85)109)90-82(113)56(28-36-75(103)104)46-69(97)63(31-38-77(107)108)89-81(112)55(27-35-74(101)102)45-68(96)62(30-37-76(105)106)88-80(111)54(26-34-73(99)100)44-58(94)49-117-41-19-20-57(93)48-87-79(110)52(3)43-67(95)53(4)50-118-9/h11,13-14,22-23,25,29,32-33,42,47,52-56,62-64H,10,12,15-21,24,26-28,30-31,34-41,43-46,48-50H2,1-9H3,(H12-,85,86,87,88,89,90,98,99,100,101,102,103,104,105,106,107,108,109,110,111,112,113,114,115,116)/p+1/t52-,53+,54+,55+,56+,62-,63-,64-/m1/s1. The molecule has 0 spiro atoms. The van der Waals surface area contributed by atoms with Gasteiger partial charge < -0.3 is 67.5 Å². The number of Topliss-reactive ketones (excluding diaryl/α,β-unsaturated/α-hetero) is 5. The van der Waals surface area contributed by atoms with E-state index >= 15 is 0 Å². The number of allylic oxidation sites excluding steroid dienone is 6. The Balaban J connectivity index is 1.37. The van der Waals surface area contributed by atoms with Crippen LogP contribution in [0.15, 0.2) is 77.4 Å². The summed E-state index contributed by atoms with van der Waals surface area (Å²) >= 11 is 1.50. The number of ether oxygens (including phenoxy) is 1. The van der Waals surface area contributed by atoms with Crippen LogP contribution in [-0.4, -0.2) is 213 Å². The zero-order valence-electron chi connectivity index (χ0n) is 69.4. The van der Waals surface area contributed by atoms with E-state index in [1.165, 1.54) is 40.7 Å². The summed E-state index contributed by atoms with van der Waals surface area (Å²) in [6.45, 7) is 16.3. The number of aliphatic carboxylic acids is 5. The number of primary amides is 1. The molecule has 6 amide bonds. The van der Waals surface area contributed by atoms with E-state index in [0.29, 0.717) is 43.5 Å². The third-order valence-corrected chi connectivity index (χ3v) is 22.8. The number of hydrogen-bond donors (Lipinski definition) is 12. The molecule has 0 unspecified atom stereocenters. The first kappa shape index (κ1) is 101. The highest BCUT2D eigenvalue weighted by molar-refractivity contribution is 7.98. The lowest BCUT2D eigenvalue weighted by atomic mass is 9.81. The molecule has 0 radical (unpaired) electrons. The van der Waals surface area contributed by atoms with E-state index in [2.05, 4.69) is 88.0 Å². The zero-order chi connectivity index (χ0) is 89.1. The van der Waals surface area contributed by atoms with Crippen LogP contribution in [0.25, 0.3) is 0 Å². The molecule has 0 aliphatic carbocycles. The summed E-state index contributed by atoms with van der Waals surface area (Å²) in [7, 11) is -4.51. The van der Waals surface area contributed by atoms with Crippen LogP contribution >= 0.6 is 11.8 Å². The number of unbranched alkanes of at least 4 members (excludes halogenated alkanes) is 3. The summed E-state index contributed by atoms with van der Waals surface area (Å²) in [6.07, 6.45) is 5.01. The molecule has 0 fully saturated rings. The quantitative estimate of drug-likeness (QED) is 0.0133. The maximum Gasteiger partial charge on any atom is 0.303 e. The average molecular weight is 1710 g/mol. The number of rotatable bonds is 60. The minimum absolute atomic E-state index is 0.00459. The minimum atomic E-state index is -4.51. The van der Waals surface area contributed by atoms with Crippen LogP contribution in [0.2, 0.25) is 0 Å². The van der Waals surface area contributed by atoms with Gasteiger partial charge in [-0.2, -0.15) is 24.8 Å². The van der Waals surface area contributed by atoms with E-state index in [1.54, 1.807) is 19.9 Å². The van der Waals surface area contributed by atoms with Crippen molar-refractivity contribution >= 4 is 133 Å². The number of ketones is 5. The topological polar surface area (TPSA) is 530 Å². The van der Waals surface area contributed by atoms with Gasteiger partial charge in [0, 0.05) is 167 Å². The van der Waals surface area contributed by atoms with Crippen molar-refractivity contribution in [2.24, 2.45) is 35.3 Å². The Bertz CT molecular complexity index is 4260. The van der Waals surface area contributed by atoms with Crippen LogP contribution in [-0.2, 0) is 102 Å². The van der Waals surface area contributed by atoms with Crippen LogP contribution < -0.4 is 37.2 Å². The number of nitrogens with zero attached hydrogens (tertiary/aromatic N) is 2. The Morgan fingerprint density at radius 1 is 0.563 bits per heavy atom. The first-order valence-corrected chi connectivity index (χ1v) is 43.0. The van der Waals surface area contributed by atoms with Crippen molar-refractivity contribution in [2.75, 3.05) is 56.3 Å². The van der Waals surface area contributed by atoms with Crippen molar-refractivity contribution in [2.45, 2.75) is 237 Å². The molecular formula is C84H119N8O25S2+. The smallest absolute Gasteiger partial charge is 0.303 e. The van der Waals surface area contributed by atoms with Gasteiger partial charge in [-0.25, -0.2) is 0 Å². The number of aryl methyl sites for hydroxylation is 1. The fourth-order valence-electron chi connectivity index (χ4n) is 14.3. The molecule has 119 heavy (non-hydrogen) atoms. The molecule has 33 nitrogen and oxygen atoms in total. The zero-order valence-corrected chi connectivity index (χ0v) is 71.0. The van der Waals surface area contributed by atoms with E-state index in [4.69, 9.17) is 10.5 Å². The number of carbonyl (C=O) groups is 16. The number of nitrogens with two attached hydrogens (primary N) is 1. The molecule has 2 aliphatic heterocycles. The van der Waals surface area contributed by atoms with E-state index in [0.717, 1.165) is 23.6 Å². The molecule has 2 heterocycles. The predicted octanol–water partition coefficient (Wildman–Crippen LogP) is 7.35. The Morgan fingerprint density at radius 3 is 1.64 bits per heavy atom. The van der Waals surface area contributed by atoms with E-state index < -0.39 is 224 Å². The maximum absolute atomic E-state index is 14.3. The predicted molar refractivity (Wildman–Crippen MR) is 441 cm³/mol. The van der Waals surface area contributed by atoms with E-state index in [-0.39, 0.29) is 91.9 Å². The lowest BCUT2D eigenvalue weighted by Gasteiger charge is -2.25. The second-order valence-corrected chi connectivity index (χ2v) is 33.8. The number of thioether (sulfide) groups is 1. The van der Waals surface area contributed by atoms with Gasteiger partial charge in [0.25, 0.3) is 10.1 Å². The monoisotopic (exact) mass is 1700 g/mol. The van der Waals surface area contributed by atoms with Gasteiger partial charge in [-0.05, 0) is 134 Å². The highest BCUT2D eigenvalue weighted by Crippen LogP contribution is 2.48. The van der Waals surface area contributed by atoms with Crippen LogP contribution in [0.4, 0.5) is 11.4 Å². The third-order valence-electron chi connectivity index (χ3n) is 21.1. The average Bonchev–Trinajstić information content (AvgIpc) is 1.60. The van der Waals surface area contributed by atoms with Crippen molar-refractivity contribution in [3.05, 3.63) is 89.2 Å². The summed E-state index contributed by atoms with van der Waals surface area (Å²) in [4.78, 5) is 209. The van der Waals surface area contributed by atoms with Crippen LogP contribution in [0.1, 0.15) is 213 Å².